The van der Waals surface area contributed by atoms with Crippen LogP contribution in [0.15, 0.2) is 24.5 Å². The molecule has 0 saturated carbocycles. The van der Waals surface area contributed by atoms with Crippen molar-refractivity contribution < 1.29 is 9.53 Å². The maximum absolute atomic E-state index is 11.3. The molecule has 0 saturated heterocycles. The number of esters is 1. The lowest BCUT2D eigenvalue weighted by Crippen LogP contribution is -2.26. The Balaban J connectivity index is 3.00. The average Bonchev–Trinajstić information content (AvgIpc) is 2.18. The number of ether oxygens (including phenoxy) is 1. The van der Waals surface area contributed by atoms with Crippen molar-refractivity contribution in [3.8, 4) is 0 Å². The normalized spacial score (nSPS) is 14.7. The van der Waals surface area contributed by atoms with Gasteiger partial charge in [-0.05, 0) is 18.6 Å². The molecule has 0 aliphatic carbocycles. The first-order valence-electron chi connectivity index (χ1n) is 3.77. The topological polar surface area (TPSA) is 39.2 Å². The largest absolute Gasteiger partial charge is 0.468 e. The highest BCUT2D eigenvalue weighted by Crippen LogP contribution is 2.31. The van der Waals surface area contributed by atoms with Crippen molar-refractivity contribution >= 4 is 21.9 Å². The molecular formula is C9H10BrNO2. The van der Waals surface area contributed by atoms with Crippen LogP contribution in [0.5, 0.6) is 0 Å². The van der Waals surface area contributed by atoms with E-state index in [1.54, 1.807) is 25.4 Å². The van der Waals surface area contributed by atoms with Gasteiger partial charge in [0.05, 0.1) is 7.11 Å². The summed E-state index contributed by atoms with van der Waals surface area (Å²) in [6.45, 7) is 1.73. The molecule has 1 aromatic heterocycles. The molecule has 0 amide bonds. The number of hydrogen-bond donors (Lipinski definition) is 0. The summed E-state index contributed by atoms with van der Waals surface area (Å²) in [6, 6.07) is 3.59. The van der Waals surface area contributed by atoms with Crippen LogP contribution in [-0.4, -0.2) is 18.1 Å². The third-order valence-corrected chi connectivity index (χ3v) is 2.55. The molecule has 13 heavy (non-hydrogen) atoms. The van der Waals surface area contributed by atoms with E-state index in [-0.39, 0.29) is 5.97 Å². The first-order chi connectivity index (χ1) is 6.09. The van der Waals surface area contributed by atoms with Crippen LogP contribution in [0.1, 0.15) is 12.5 Å². The SMILES string of the molecule is COC(=O)C(C)(Br)c1cccnc1. The standard InChI is InChI=1S/C9H10BrNO2/c1-9(10,8(12)13-2)7-4-3-5-11-6-7/h3-6H,1-2H3. The Labute approximate surface area is 85.3 Å². The van der Waals surface area contributed by atoms with Crippen molar-refractivity contribution in [2.45, 2.75) is 11.2 Å². The second kappa shape index (κ2) is 3.87. The lowest BCUT2D eigenvalue weighted by molar-refractivity contribution is -0.143. The van der Waals surface area contributed by atoms with Crippen molar-refractivity contribution in [1.82, 2.24) is 4.98 Å². The number of pyridine rings is 1. The van der Waals surface area contributed by atoms with E-state index in [2.05, 4.69) is 25.7 Å². The number of carbonyl (C=O) groups is 1. The molecule has 0 fully saturated rings. The van der Waals surface area contributed by atoms with Crippen molar-refractivity contribution in [3.05, 3.63) is 30.1 Å². The first-order valence-corrected chi connectivity index (χ1v) is 4.56. The molecular weight excluding hydrogens is 234 g/mol. The zero-order valence-corrected chi connectivity index (χ0v) is 9.04. The van der Waals surface area contributed by atoms with E-state index in [1.165, 1.54) is 7.11 Å². The van der Waals surface area contributed by atoms with Crippen molar-refractivity contribution in [3.63, 3.8) is 0 Å². The minimum Gasteiger partial charge on any atom is -0.468 e. The predicted octanol–water partition coefficient (Wildman–Crippen LogP) is 1.86. The summed E-state index contributed by atoms with van der Waals surface area (Å²) < 4.78 is 3.85. The Morgan fingerprint density at radius 3 is 2.85 bits per heavy atom. The van der Waals surface area contributed by atoms with E-state index in [1.807, 2.05) is 6.07 Å². The molecule has 0 aliphatic rings. The lowest BCUT2D eigenvalue weighted by Gasteiger charge is -2.18. The number of methoxy groups -OCH3 is 1. The monoisotopic (exact) mass is 243 g/mol. The van der Waals surface area contributed by atoms with Gasteiger partial charge in [-0.1, -0.05) is 22.0 Å². The smallest absolute Gasteiger partial charge is 0.326 e. The Bertz CT molecular complexity index is 298. The van der Waals surface area contributed by atoms with Crippen LogP contribution in [-0.2, 0) is 13.9 Å². The van der Waals surface area contributed by atoms with Gasteiger partial charge in [0, 0.05) is 12.4 Å². The number of alkyl halides is 1. The van der Waals surface area contributed by atoms with Gasteiger partial charge in [0.15, 0.2) is 0 Å². The molecule has 1 unspecified atom stereocenters. The molecule has 1 heterocycles. The van der Waals surface area contributed by atoms with Gasteiger partial charge in [-0.25, -0.2) is 0 Å². The van der Waals surface area contributed by atoms with Gasteiger partial charge in [0.25, 0.3) is 0 Å². The third kappa shape index (κ3) is 2.06. The molecule has 1 atom stereocenters. The van der Waals surface area contributed by atoms with Crippen LogP contribution in [0, 0.1) is 0 Å². The number of aromatic nitrogens is 1. The summed E-state index contributed by atoms with van der Waals surface area (Å²) in [6.07, 6.45) is 3.29. The number of carbonyl (C=O) groups excluding carboxylic acids is 1. The Morgan fingerprint density at radius 2 is 2.38 bits per heavy atom. The van der Waals surface area contributed by atoms with Gasteiger partial charge in [-0.3, -0.25) is 9.78 Å². The number of hydrogen-bond acceptors (Lipinski definition) is 3. The zero-order chi connectivity index (χ0) is 9.90. The quantitative estimate of drug-likeness (QED) is 0.588. The molecule has 0 radical (unpaired) electrons. The fraction of sp³-hybridized carbons (Fsp3) is 0.333. The molecule has 0 aromatic carbocycles. The minimum absolute atomic E-state index is 0.333. The number of rotatable bonds is 2. The Kier molecular flexibility index (Phi) is 3.03. The van der Waals surface area contributed by atoms with E-state index in [0.717, 1.165) is 5.56 Å². The Hall–Kier alpha value is -0.900. The fourth-order valence-electron chi connectivity index (χ4n) is 0.950. The maximum atomic E-state index is 11.3. The van der Waals surface area contributed by atoms with E-state index in [0.29, 0.717) is 0 Å². The second-order valence-electron chi connectivity index (χ2n) is 2.74. The molecule has 0 bridgehead atoms. The van der Waals surface area contributed by atoms with Crippen LogP contribution < -0.4 is 0 Å². The molecule has 0 N–H and O–H groups in total. The summed E-state index contributed by atoms with van der Waals surface area (Å²) in [4.78, 5) is 15.3. The van der Waals surface area contributed by atoms with E-state index >= 15 is 0 Å². The van der Waals surface area contributed by atoms with Gasteiger partial charge < -0.3 is 4.74 Å². The van der Waals surface area contributed by atoms with Crippen LogP contribution in [0.3, 0.4) is 0 Å². The van der Waals surface area contributed by atoms with Crippen LogP contribution in [0.25, 0.3) is 0 Å². The van der Waals surface area contributed by atoms with Crippen molar-refractivity contribution in [2.75, 3.05) is 7.11 Å². The number of halogens is 1. The van der Waals surface area contributed by atoms with Gasteiger partial charge in [-0.15, -0.1) is 0 Å². The minimum atomic E-state index is -0.810. The van der Waals surface area contributed by atoms with Crippen molar-refractivity contribution in [1.29, 1.82) is 0 Å². The molecule has 70 valence electrons. The summed E-state index contributed by atoms with van der Waals surface area (Å²) in [5.74, 6) is -0.333. The van der Waals surface area contributed by atoms with E-state index < -0.39 is 4.32 Å². The molecule has 1 rings (SSSR count). The molecule has 4 heteroatoms. The molecule has 3 nitrogen and oxygen atoms in total. The van der Waals surface area contributed by atoms with Crippen LogP contribution in [0.4, 0.5) is 0 Å². The second-order valence-corrected chi connectivity index (χ2v) is 4.32. The lowest BCUT2D eigenvalue weighted by atomic mass is 10.0. The van der Waals surface area contributed by atoms with Gasteiger partial charge in [0.2, 0.25) is 0 Å². The molecule has 1 aromatic rings. The molecule has 0 aliphatic heterocycles. The maximum Gasteiger partial charge on any atom is 0.326 e. The van der Waals surface area contributed by atoms with E-state index in [4.69, 9.17) is 0 Å². The fourth-order valence-corrected chi connectivity index (χ4v) is 1.35. The summed E-state index contributed by atoms with van der Waals surface area (Å²) >= 11 is 3.30. The summed E-state index contributed by atoms with van der Waals surface area (Å²) in [5.41, 5.74) is 0.779. The summed E-state index contributed by atoms with van der Waals surface area (Å²) in [5, 5.41) is 0. The zero-order valence-electron chi connectivity index (χ0n) is 7.45. The molecule has 0 spiro atoms. The highest BCUT2D eigenvalue weighted by atomic mass is 79.9. The predicted molar refractivity (Wildman–Crippen MR) is 52.5 cm³/mol. The highest BCUT2D eigenvalue weighted by Gasteiger charge is 2.33. The van der Waals surface area contributed by atoms with Crippen LogP contribution in [0.2, 0.25) is 0 Å². The first kappa shape index (κ1) is 10.2. The van der Waals surface area contributed by atoms with E-state index in [9.17, 15) is 4.79 Å². The highest BCUT2D eigenvalue weighted by molar-refractivity contribution is 9.10. The van der Waals surface area contributed by atoms with Gasteiger partial charge in [-0.2, -0.15) is 0 Å². The van der Waals surface area contributed by atoms with Gasteiger partial charge in [0.1, 0.15) is 4.32 Å². The summed E-state index contributed by atoms with van der Waals surface area (Å²) in [7, 11) is 1.36. The third-order valence-electron chi connectivity index (χ3n) is 1.77. The number of nitrogens with zero attached hydrogens (tertiary/aromatic N) is 1. The average molecular weight is 244 g/mol. The van der Waals surface area contributed by atoms with Crippen molar-refractivity contribution in [2.24, 2.45) is 0 Å². The Morgan fingerprint density at radius 1 is 1.69 bits per heavy atom. The van der Waals surface area contributed by atoms with Gasteiger partial charge >= 0.3 is 5.97 Å². The van der Waals surface area contributed by atoms with Crippen LogP contribution >= 0.6 is 15.9 Å².